The number of methoxy groups -OCH3 is 1. The van der Waals surface area contributed by atoms with Crippen LogP contribution in [0.3, 0.4) is 0 Å². The van der Waals surface area contributed by atoms with E-state index in [-0.39, 0.29) is 5.95 Å². The Labute approximate surface area is 188 Å². The second-order valence-corrected chi connectivity index (χ2v) is 8.33. The Bertz CT molecular complexity index is 1030. The average molecular weight is 440 g/mol. The summed E-state index contributed by atoms with van der Waals surface area (Å²) >= 11 is 0. The Morgan fingerprint density at radius 1 is 1.25 bits per heavy atom. The molecule has 0 aliphatic carbocycles. The molecule has 0 unspecified atom stereocenters. The van der Waals surface area contributed by atoms with Crippen LogP contribution in [0.2, 0.25) is 0 Å². The third-order valence-corrected chi connectivity index (χ3v) is 6.02. The van der Waals surface area contributed by atoms with E-state index in [1.54, 1.807) is 13.3 Å². The largest absolute Gasteiger partial charge is 0.495 e. The first-order chi connectivity index (χ1) is 15.7. The quantitative estimate of drug-likeness (QED) is 0.462. The molecule has 3 aromatic rings. The van der Waals surface area contributed by atoms with Crippen molar-refractivity contribution in [1.29, 1.82) is 0 Å². The van der Waals surface area contributed by atoms with E-state index in [0.717, 1.165) is 81.2 Å². The van der Waals surface area contributed by atoms with E-state index in [0.29, 0.717) is 17.9 Å². The van der Waals surface area contributed by atoms with Crippen LogP contribution in [0.25, 0.3) is 11.0 Å². The van der Waals surface area contributed by atoms with Crippen molar-refractivity contribution in [2.45, 2.75) is 52.0 Å². The molecule has 1 fully saturated rings. The van der Waals surface area contributed by atoms with Gasteiger partial charge in [0.1, 0.15) is 22.5 Å². The molecule has 9 heteroatoms. The third kappa shape index (κ3) is 5.27. The lowest BCUT2D eigenvalue weighted by Crippen LogP contribution is -2.16. The average Bonchev–Trinajstić information content (AvgIpc) is 3.21. The smallest absolute Gasteiger partial charge is 0.222 e. The van der Waals surface area contributed by atoms with E-state index < -0.39 is 0 Å². The van der Waals surface area contributed by atoms with Crippen LogP contribution in [-0.4, -0.2) is 51.6 Å². The van der Waals surface area contributed by atoms with Gasteiger partial charge in [0, 0.05) is 26.0 Å². The van der Waals surface area contributed by atoms with Gasteiger partial charge in [0.2, 0.25) is 5.95 Å². The van der Waals surface area contributed by atoms with Crippen molar-refractivity contribution in [3.8, 4) is 5.75 Å². The number of nitrogens with zero attached hydrogens (tertiary/aromatic N) is 5. The molecular weight excluding hydrogens is 406 g/mol. The number of unbranched alkanes of at least 4 members (excludes halogenated alkanes) is 1. The molecule has 0 radical (unpaired) electrons. The highest BCUT2D eigenvalue weighted by atomic mass is 16.5. The number of nitrogens with two attached hydrogens (primary N) is 1. The van der Waals surface area contributed by atoms with Gasteiger partial charge in [0.25, 0.3) is 0 Å². The fourth-order valence-electron chi connectivity index (χ4n) is 4.14. The Morgan fingerprint density at radius 3 is 2.88 bits per heavy atom. The molecule has 9 nitrogen and oxygen atoms in total. The molecule has 3 N–H and O–H groups in total. The van der Waals surface area contributed by atoms with Crippen LogP contribution in [-0.2, 0) is 17.7 Å². The molecule has 1 aliphatic heterocycles. The minimum absolute atomic E-state index is 0.237. The van der Waals surface area contributed by atoms with Gasteiger partial charge in [-0.2, -0.15) is 10.1 Å². The van der Waals surface area contributed by atoms with Gasteiger partial charge in [-0.05, 0) is 49.7 Å². The Kier molecular flexibility index (Phi) is 7.36. The van der Waals surface area contributed by atoms with Crippen LogP contribution >= 0.6 is 0 Å². The van der Waals surface area contributed by atoms with Gasteiger partial charge in [0.15, 0.2) is 5.82 Å². The topological polar surface area (TPSA) is 113 Å². The normalized spacial score (nSPS) is 14.7. The fourth-order valence-corrected chi connectivity index (χ4v) is 4.14. The van der Waals surface area contributed by atoms with Crippen LogP contribution in [0.1, 0.15) is 50.3 Å². The number of nitrogen functional groups attached to an aromatic ring is 1. The fraction of sp³-hybridized carbons (Fsp3) is 0.565. The third-order valence-electron chi connectivity index (χ3n) is 6.02. The van der Waals surface area contributed by atoms with Crippen molar-refractivity contribution < 1.29 is 9.47 Å². The van der Waals surface area contributed by atoms with Gasteiger partial charge >= 0.3 is 0 Å². The molecule has 4 rings (SSSR count). The highest BCUT2D eigenvalue weighted by Crippen LogP contribution is 2.26. The van der Waals surface area contributed by atoms with Crippen molar-refractivity contribution in [2.24, 2.45) is 5.92 Å². The Morgan fingerprint density at radius 2 is 2.09 bits per heavy atom. The summed E-state index contributed by atoms with van der Waals surface area (Å²) in [4.78, 5) is 13.5. The molecule has 4 heterocycles. The maximum absolute atomic E-state index is 5.90. The van der Waals surface area contributed by atoms with E-state index in [4.69, 9.17) is 20.2 Å². The molecular formula is C23H33N7O2. The molecule has 1 saturated heterocycles. The van der Waals surface area contributed by atoms with Crippen LogP contribution in [0, 0.1) is 5.92 Å². The number of fused-ring (bicyclic) bond motifs is 1. The van der Waals surface area contributed by atoms with E-state index in [1.165, 1.54) is 5.56 Å². The molecule has 3 aromatic heterocycles. The summed E-state index contributed by atoms with van der Waals surface area (Å²) in [7, 11) is 1.69. The van der Waals surface area contributed by atoms with Crippen LogP contribution in [0.5, 0.6) is 5.75 Å². The number of rotatable bonds is 10. The van der Waals surface area contributed by atoms with E-state index >= 15 is 0 Å². The van der Waals surface area contributed by atoms with E-state index in [1.807, 2.05) is 10.9 Å². The minimum Gasteiger partial charge on any atom is -0.495 e. The van der Waals surface area contributed by atoms with Gasteiger partial charge in [0.05, 0.1) is 19.9 Å². The summed E-state index contributed by atoms with van der Waals surface area (Å²) in [5.41, 5.74) is 9.45. The SMILES string of the molecule is CCCCNc1nc(N)nc2cnn(Cc3ncc(CCC4CCOCC4)cc3OC)c12. The molecule has 0 amide bonds. The standard InChI is InChI=1S/C23H33N7O2/c1-3-4-9-25-22-21-18(28-23(24)29-22)14-27-30(21)15-19-20(31-2)12-17(13-26-19)6-5-16-7-10-32-11-8-16/h12-14,16H,3-11,15H2,1-2H3,(H3,24,25,28,29). The maximum atomic E-state index is 5.90. The molecule has 0 spiro atoms. The summed E-state index contributed by atoms with van der Waals surface area (Å²) in [6.07, 6.45) is 10.3. The number of hydrogen-bond donors (Lipinski definition) is 2. The first kappa shape index (κ1) is 22.3. The lowest BCUT2D eigenvalue weighted by molar-refractivity contribution is 0.0640. The molecule has 1 aliphatic rings. The molecule has 0 saturated carbocycles. The maximum Gasteiger partial charge on any atom is 0.222 e. The summed E-state index contributed by atoms with van der Waals surface area (Å²) in [6.45, 7) is 5.20. The van der Waals surface area contributed by atoms with Gasteiger partial charge < -0.3 is 20.5 Å². The highest BCUT2D eigenvalue weighted by molar-refractivity contribution is 5.86. The summed E-state index contributed by atoms with van der Waals surface area (Å²) in [6, 6.07) is 2.10. The number of hydrogen-bond acceptors (Lipinski definition) is 8. The number of pyridine rings is 1. The number of ether oxygens (including phenoxy) is 2. The van der Waals surface area contributed by atoms with Crippen molar-refractivity contribution in [1.82, 2.24) is 24.7 Å². The zero-order valence-electron chi connectivity index (χ0n) is 19.0. The van der Waals surface area contributed by atoms with Gasteiger partial charge in [-0.3, -0.25) is 9.67 Å². The second-order valence-electron chi connectivity index (χ2n) is 8.33. The van der Waals surface area contributed by atoms with E-state index in [2.05, 4.69) is 33.4 Å². The Balaban J connectivity index is 1.52. The number of nitrogens with one attached hydrogen (secondary N) is 1. The van der Waals surface area contributed by atoms with Crippen molar-refractivity contribution >= 4 is 22.8 Å². The zero-order chi connectivity index (χ0) is 22.3. The molecule has 172 valence electrons. The van der Waals surface area contributed by atoms with Crippen molar-refractivity contribution in [3.63, 3.8) is 0 Å². The monoisotopic (exact) mass is 439 g/mol. The van der Waals surface area contributed by atoms with Crippen molar-refractivity contribution in [3.05, 3.63) is 29.7 Å². The molecule has 0 aromatic carbocycles. The summed E-state index contributed by atoms with van der Waals surface area (Å²) in [5, 5.41) is 7.90. The lowest BCUT2D eigenvalue weighted by Gasteiger charge is -2.21. The number of anilines is 2. The van der Waals surface area contributed by atoms with E-state index in [9.17, 15) is 0 Å². The predicted octanol–water partition coefficient (Wildman–Crippen LogP) is 3.43. The number of aromatic nitrogens is 5. The zero-order valence-corrected chi connectivity index (χ0v) is 19.0. The summed E-state index contributed by atoms with van der Waals surface area (Å²) < 4.78 is 13.0. The second kappa shape index (κ2) is 10.6. The summed E-state index contributed by atoms with van der Waals surface area (Å²) in [5.74, 6) is 2.44. The predicted molar refractivity (Wildman–Crippen MR) is 125 cm³/mol. The highest BCUT2D eigenvalue weighted by Gasteiger charge is 2.17. The Hall–Kier alpha value is -2.94. The lowest BCUT2D eigenvalue weighted by atomic mass is 9.93. The minimum atomic E-state index is 0.237. The molecule has 0 atom stereocenters. The van der Waals surface area contributed by atoms with Gasteiger partial charge in [-0.15, -0.1) is 0 Å². The first-order valence-electron chi connectivity index (χ1n) is 11.5. The van der Waals surface area contributed by atoms with Crippen LogP contribution in [0.15, 0.2) is 18.5 Å². The van der Waals surface area contributed by atoms with Crippen LogP contribution < -0.4 is 15.8 Å². The molecule has 0 bridgehead atoms. The van der Waals surface area contributed by atoms with Crippen LogP contribution in [0.4, 0.5) is 11.8 Å². The van der Waals surface area contributed by atoms with Crippen molar-refractivity contribution in [2.75, 3.05) is 37.9 Å². The first-order valence-corrected chi connectivity index (χ1v) is 11.5. The number of aryl methyl sites for hydroxylation is 1. The van der Waals surface area contributed by atoms with Gasteiger partial charge in [-0.25, -0.2) is 4.98 Å². The molecule has 32 heavy (non-hydrogen) atoms. The van der Waals surface area contributed by atoms with Gasteiger partial charge in [-0.1, -0.05) is 13.3 Å².